The first-order chi connectivity index (χ1) is 18.9. The van der Waals surface area contributed by atoms with Crippen LogP contribution in [0.5, 0.6) is 0 Å². The van der Waals surface area contributed by atoms with Gasteiger partial charge in [0.15, 0.2) is 5.78 Å². The van der Waals surface area contributed by atoms with Gasteiger partial charge < -0.3 is 15.0 Å². The Kier molecular flexibility index (Phi) is 9.10. The smallest absolute Gasteiger partial charge is 0.418 e. The Morgan fingerprint density at radius 1 is 0.927 bits per heavy atom. The number of ketones is 1. The molecule has 3 aromatic rings. The normalized spacial score (nSPS) is 11.6. The fraction of sp³-hybridized carbons (Fsp3) is 0.333. The van der Waals surface area contributed by atoms with Crippen molar-refractivity contribution >= 4 is 34.8 Å². The van der Waals surface area contributed by atoms with Crippen LogP contribution in [0.1, 0.15) is 54.5 Å². The van der Waals surface area contributed by atoms with E-state index in [9.17, 15) is 27.6 Å². The van der Waals surface area contributed by atoms with Crippen molar-refractivity contribution < 1.29 is 32.3 Å². The van der Waals surface area contributed by atoms with Gasteiger partial charge in [0, 0.05) is 36.6 Å². The number of ether oxygens (including phenoxy) is 1. The van der Waals surface area contributed by atoms with Crippen molar-refractivity contribution in [2.24, 2.45) is 0 Å². The maximum Gasteiger partial charge on any atom is 0.418 e. The highest BCUT2D eigenvalue weighted by atomic mass is 19.4. The fourth-order valence-corrected chi connectivity index (χ4v) is 4.10. The lowest BCUT2D eigenvalue weighted by Gasteiger charge is -2.24. The summed E-state index contributed by atoms with van der Waals surface area (Å²) >= 11 is 0. The Bertz CT molecular complexity index is 1480. The van der Waals surface area contributed by atoms with E-state index >= 15 is 0 Å². The molecule has 0 saturated heterocycles. The van der Waals surface area contributed by atoms with Crippen molar-refractivity contribution in [2.75, 3.05) is 29.6 Å². The van der Waals surface area contributed by atoms with Crippen LogP contribution in [0.4, 0.5) is 35.0 Å². The Morgan fingerprint density at radius 2 is 1.59 bits per heavy atom. The molecule has 0 atom stereocenters. The van der Waals surface area contributed by atoms with Gasteiger partial charge in [-0.3, -0.25) is 19.9 Å². The molecule has 11 heteroatoms. The van der Waals surface area contributed by atoms with Crippen LogP contribution in [-0.4, -0.2) is 42.5 Å². The number of hydrogen-bond acceptors (Lipinski definition) is 6. The summed E-state index contributed by atoms with van der Waals surface area (Å²) in [5.41, 5.74) is 0.836. The molecular weight excluding hydrogens is 537 g/mol. The maximum atomic E-state index is 13.9. The molecule has 2 aromatic carbocycles. The summed E-state index contributed by atoms with van der Waals surface area (Å²) < 4.78 is 46.9. The number of halogens is 3. The van der Waals surface area contributed by atoms with E-state index in [1.54, 1.807) is 39.0 Å². The van der Waals surface area contributed by atoms with Crippen LogP contribution in [-0.2, 0) is 15.7 Å². The first-order valence-electron chi connectivity index (χ1n) is 12.7. The topological polar surface area (TPSA) is 101 Å². The Balaban J connectivity index is 1.90. The lowest BCUT2D eigenvalue weighted by molar-refractivity contribution is -0.137. The number of carbonyl (C=O) groups is 3. The SMILES string of the molecule is Cc1ccc(-c2cccc(C(=O)CC(=O)Nc3cc(C(F)(F)F)c(N(C)C)cc3NC(=O)OC(C)(C)C)c2)c(C)n1. The molecular formula is C30H33F3N4O4. The van der Waals surface area contributed by atoms with Gasteiger partial charge in [-0.1, -0.05) is 24.3 Å². The van der Waals surface area contributed by atoms with E-state index in [0.717, 1.165) is 34.6 Å². The van der Waals surface area contributed by atoms with Gasteiger partial charge >= 0.3 is 12.3 Å². The summed E-state index contributed by atoms with van der Waals surface area (Å²) in [7, 11) is 2.84. The molecule has 0 spiro atoms. The minimum atomic E-state index is -4.76. The summed E-state index contributed by atoms with van der Waals surface area (Å²) in [5, 5.41) is 4.77. The quantitative estimate of drug-likeness (QED) is 0.234. The molecule has 2 N–H and O–H groups in total. The van der Waals surface area contributed by atoms with Crippen LogP contribution in [0.15, 0.2) is 48.5 Å². The Morgan fingerprint density at radius 3 is 2.17 bits per heavy atom. The van der Waals surface area contributed by atoms with Crippen LogP contribution < -0.4 is 15.5 Å². The van der Waals surface area contributed by atoms with Crippen LogP contribution in [0.25, 0.3) is 11.1 Å². The second kappa shape index (κ2) is 12.0. The number of Topliss-reactive ketones (excluding diaryl/α,β-unsaturated/α-hetero) is 1. The summed E-state index contributed by atoms with van der Waals surface area (Å²) in [6.45, 7) is 8.61. The standard InChI is InChI=1S/C30H33F3N4O4/c1-17-11-12-21(18(2)34-17)19-9-8-10-20(13-19)26(38)16-27(39)35-23-14-22(30(31,32)33)25(37(6)7)15-24(23)36-28(40)41-29(3,4)5/h8-15H,16H2,1-7H3,(H,35,39)(H,36,40). The zero-order valence-electron chi connectivity index (χ0n) is 24.0. The molecule has 0 aliphatic carbocycles. The van der Waals surface area contributed by atoms with Crippen molar-refractivity contribution in [3.8, 4) is 11.1 Å². The van der Waals surface area contributed by atoms with Crippen LogP contribution in [0.3, 0.4) is 0 Å². The lowest BCUT2D eigenvalue weighted by Crippen LogP contribution is -2.28. The number of nitrogens with one attached hydrogen (secondary N) is 2. The number of aromatic nitrogens is 1. The van der Waals surface area contributed by atoms with E-state index in [2.05, 4.69) is 15.6 Å². The van der Waals surface area contributed by atoms with Gasteiger partial charge in [-0.25, -0.2) is 4.79 Å². The van der Waals surface area contributed by atoms with E-state index < -0.39 is 41.5 Å². The van der Waals surface area contributed by atoms with E-state index in [0.29, 0.717) is 0 Å². The third kappa shape index (κ3) is 8.29. The molecule has 1 aromatic heterocycles. The highest BCUT2D eigenvalue weighted by Crippen LogP contribution is 2.41. The van der Waals surface area contributed by atoms with Crippen molar-refractivity contribution in [2.45, 2.75) is 52.8 Å². The van der Waals surface area contributed by atoms with Gasteiger partial charge in [-0.15, -0.1) is 0 Å². The Labute approximate surface area is 236 Å². The third-order valence-electron chi connectivity index (χ3n) is 5.87. The summed E-state index contributed by atoms with van der Waals surface area (Å²) in [6, 6.07) is 12.2. The number of carbonyl (C=O) groups excluding carboxylic acids is 3. The molecule has 0 fully saturated rings. The highest BCUT2D eigenvalue weighted by molar-refractivity contribution is 6.12. The summed E-state index contributed by atoms with van der Waals surface area (Å²) in [4.78, 5) is 44.0. The highest BCUT2D eigenvalue weighted by Gasteiger charge is 2.36. The molecule has 0 unspecified atom stereocenters. The van der Waals surface area contributed by atoms with Crippen molar-refractivity contribution in [3.63, 3.8) is 0 Å². The molecule has 0 aliphatic heterocycles. The monoisotopic (exact) mass is 570 g/mol. The van der Waals surface area contributed by atoms with Gasteiger partial charge in [0.05, 0.1) is 29.0 Å². The number of anilines is 3. The molecule has 0 aliphatic rings. The van der Waals surface area contributed by atoms with Gasteiger partial charge in [-0.2, -0.15) is 13.2 Å². The van der Waals surface area contributed by atoms with E-state index in [4.69, 9.17) is 4.74 Å². The molecule has 218 valence electrons. The minimum absolute atomic E-state index is 0.124. The molecule has 41 heavy (non-hydrogen) atoms. The molecule has 1 heterocycles. The number of hydrogen-bond donors (Lipinski definition) is 2. The van der Waals surface area contributed by atoms with E-state index in [1.807, 2.05) is 32.0 Å². The number of alkyl halides is 3. The first-order valence-corrected chi connectivity index (χ1v) is 12.7. The zero-order chi connectivity index (χ0) is 30.7. The summed E-state index contributed by atoms with van der Waals surface area (Å²) in [5.74, 6) is -1.39. The van der Waals surface area contributed by atoms with Crippen molar-refractivity contribution in [1.29, 1.82) is 0 Å². The van der Waals surface area contributed by atoms with E-state index in [-0.39, 0.29) is 22.6 Å². The van der Waals surface area contributed by atoms with Crippen LogP contribution >= 0.6 is 0 Å². The molecule has 2 amide bonds. The van der Waals surface area contributed by atoms with Crippen molar-refractivity contribution in [3.05, 3.63) is 71.0 Å². The number of pyridine rings is 1. The molecule has 8 nitrogen and oxygen atoms in total. The number of rotatable bonds is 7. The second-order valence-corrected chi connectivity index (χ2v) is 10.7. The predicted molar refractivity (Wildman–Crippen MR) is 152 cm³/mol. The second-order valence-electron chi connectivity index (χ2n) is 10.7. The number of aryl methyl sites for hydroxylation is 2. The largest absolute Gasteiger partial charge is 0.444 e. The number of amides is 2. The third-order valence-corrected chi connectivity index (χ3v) is 5.87. The molecule has 0 saturated carbocycles. The maximum absolute atomic E-state index is 13.9. The molecule has 0 radical (unpaired) electrons. The first kappa shape index (κ1) is 31.1. The average molecular weight is 571 g/mol. The van der Waals surface area contributed by atoms with Crippen molar-refractivity contribution in [1.82, 2.24) is 4.98 Å². The van der Waals surface area contributed by atoms with Gasteiger partial charge in [-0.05, 0) is 64.4 Å². The van der Waals surface area contributed by atoms with Gasteiger partial charge in [0.1, 0.15) is 5.60 Å². The van der Waals surface area contributed by atoms with Gasteiger partial charge in [0.25, 0.3) is 0 Å². The predicted octanol–water partition coefficient (Wildman–Crippen LogP) is 7.01. The van der Waals surface area contributed by atoms with Crippen LogP contribution in [0, 0.1) is 13.8 Å². The van der Waals surface area contributed by atoms with E-state index in [1.165, 1.54) is 19.0 Å². The minimum Gasteiger partial charge on any atom is -0.444 e. The fourth-order valence-electron chi connectivity index (χ4n) is 4.10. The Hall–Kier alpha value is -4.41. The average Bonchev–Trinajstić information content (AvgIpc) is 2.82. The lowest BCUT2D eigenvalue weighted by atomic mass is 9.99. The van der Waals surface area contributed by atoms with Gasteiger partial charge in [0.2, 0.25) is 5.91 Å². The van der Waals surface area contributed by atoms with Crippen LogP contribution in [0.2, 0.25) is 0 Å². The summed E-state index contributed by atoms with van der Waals surface area (Å²) in [6.07, 6.45) is -6.33. The number of nitrogens with zero attached hydrogens (tertiary/aromatic N) is 2. The zero-order valence-corrected chi connectivity index (χ0v) is 24.0. The number of benzene rings is 2. The molecule has 0 bridgehead atoms. The molecule has 3 rings (SSSR count).